The molecular formula is C79H49BN6OPt-2. The molecule has 9 heteroatoms. The summed E-state index contributed by atoms with van der Waals surface area (Å²) in [4.78, 5) is 7.40. The van der Waals surface area contributed by atoms with E-state index in [4.69, 9.17) is 23.4 Å². The summed E-state index contributed by atoms with van der Waals surface area (Å²) in [6.07, 6.45) is 5.25. The second-order valence-electron chi connectivity index (χ2n) is 21.0. The SMILES string of the molecule is [2H]c1c([2H])c([2H])c(-c2cccc(-c3c([2H])c([2H])c([2H])c([2H])c3[2H])c2-[n+]2[c-]n(-c3[c-]c(Oc4[c-]c5c(cc4)c4cc(C#N)ccc4n5-c4cc(N5c6ccccc6B(c6c(-c7ccccc7)cccc6-c6ccccc6)c6ccccc65)ccn4)ccc3)c3ccccc32)c([2H])c1[2H].[Pt]. The maximum absolute atomic E-state index is 10.2. The summed E-state index contributed by atoms with van der Waals surface area (Å²) in [7, 11) is 0. The van der Waals surface area contributed by atoms with Gasteiger partial charge >= 0.3 is 0 Å². The third-order valence-electron chi connectivity index (χ3n) is 16.1. The van der Waals surface area contributed by atoms with Crippen LogP contribution in [-0.4, -0.2) is 20.8 Å². The molecule has 0 fully saturated rings. The van der Waals surface area contributed by atoms with Crippen LogP contribution in [0.5, 0.6) is 11.5 Å². The van der Waals surface area contributed by atoms with Crippen LogP contribution in [0.15, 0.2) is 297 Å². The predicted octanol–water partition coefficient (Wildman–Crippen LogP) is 16.4. The quantitative estimate of drug-likeness (QED) is 0.0735. The van der Waals surface area contributed by atoms with E-state index in [1.54, 1.807) is 63.7 Å². The molecule has 416 valence electrons. The van der Waals surface area contributed by atoms with Gasteiger partial charge in [0.25, 0.3) is 6.33 Å². The van der Waals surface area contributed by atoms with Crippen molar-refractivity contribution in [3.63, 3.8) is 0 Å². The van der Waals surface area contributed by atoms with Crippen LogP contribution in [0, 0.1) is 29.8 Å². The van der Waals surface area contributed by atoms with E-state index in [-0.39, 0.29) is 55.7 Å². The molecule has 7 nitrogen and oxygen atoms in total. The van der Waals surface area contributed by atoms with Crippen LogP contribution in [-0.2, 0) is 21.1 Å². The van der Waals surface area contributed by atoms with Crippen molar-refractivity contribution in [1.29, 1.82) is 5.26 Å². The maximum Gasteiger partial charge on any atom is 0.268 e. The number of para-hydroxylation sites is 5. The molecule has 0 spiro atoms. The van der Waals surface area contributed by atoms with Crippen molar-refractivity contribution < 1.29 is 44.1 Å². The van der Waals surface area contributed by atoms with E-state index in [1.807, 2.05) is 53.2 Å². The summed E-state index contributed by atoms with van der Waals surface area (Å²) < 4.78 is 100. The van der Waals surface area contributed by atoms with E-state index >= 15 is 0 Å². The molecule has 3 aromatic heterocycles. The number of benzene rings is 12. The fourth-order valence-electron chi connectivity index (χ4n) is 12.4. The maximum atomic E-state index is 10.2. The van der Waals surface area contributed by atoms with Gasteiger partial charge in [-0.25, -0.2) is 4.98 Å². The van der Waals surface area contributed by atoms with Gasteiger partial charge in [0.15, 0.2) is 0 Å². The Morgan fingerprint density at radius 1 is 0.511 bits per heavy atom. The molecule has 15 aromatic rings. The van der Waals surface area contributed by atoms with Crippen LogP contribution in [0.4, 0.5) is 17.1 Å². The van der Waals surface area contributed by atoms with Crippen LogP contribution in [0.3, 0.4) is 0 Å². The molecule has 0 N–H and O–H groups in total. The molecule has 88 heavy (non-hydrogen) atoms. The van der Waals surface area contributed by atoms with Gasteiger partial charge in [0, 0.05) is 61.7 Å². The zero-order chi connectivity index (χ0) is 66.5. The zero-order valence-corrected chi connectivity index (χ0v) is 48.8. The largest absolute Gasteiger partial charge is 0.510 e. The third-order valence-corrected chi connectivity index (χ3v) is 16.1. The third kappa shape index (κ3) is 9.29. The molecule has 16 rings (SSSR count). The topological polar surface area (TPSA) is 62.9 Å². The first-order valence-electron chi connectivity index (χ1n) is 33.3. The number of nitriles is 1. The van der Waals surface area contributed by atoms with Gasteiger partial charge in [0.2, 0.25) is 6.71 Å². The van der Waals surface area contributed by atoms with Crippen molar-refractivity contribution >= 4 is 73.0 Å². The van der Waals surface area contributed by atoms with Crippen molar-refractivity contribution in [2.24, 2.45) is 0 Å². The molecular weight excluding hydrogens is 1250 g/mol. The number of ether oxygens (including phenoxy) is 1. The number of imidazole rings is 1. The normalized spacial score (nSPS) is 13.3. The Labute approximate surface area is 538 Å². The molecule has 0 aliphatic carbocycles. The number of rotatable bonds is 11. The molecule has 0 bridgehead atoms. The standard InChI is InChI=1S/C79H49BN6O.Pt/c81-52-54-42-45-71-68(48-54)67-44-43-62(87-61-31-19-30-59(49-61)83-53-84(75-41-18-17-40-74(75)83)79-65(57-26-9-3-10-27-57)34-21-35-66(79)58-28-11-4-12-29-58)51-76(67)86(71)77-50-60(46-47-82-77)85-72-38-15-13-36-69(72)80(70-37-14-16-39-73(70)85)78-63(55-22-5-1-6-23-55)32-20-33-64(78)56-24-7-2-8-25-56;/h1-48,50H;/q-2;/i3D,4D,9D,10D,11D,12D,26D,27D,28D,29D;. The molecule has 0 amide bonds. The van der Waals surface area contributed by atoms with Gasteiger partial charge in [-0.3, -0.25) is 4.57 Å². The van der Waals surface area contributed by atoms with Crippen LogP contribution >= 0.6 is 0 Å². The van der Waals surface area contributed by atoms with Gasteiger partial charge in [-0.05, 0) is 103 Å². The Morgan fingerprint density at radius 2 is 1.10 bits per heavy atom. The van der Waals surface area contributed by atoms with Crippen LogP contribution in [0.2, 0.25) is 0 Å². The Hall–Kier alpha value is -11.1. The van der Waals surface area contributed by atoms with Crippen molar-refractivity contribution in [3.8, 4) is 79.3 Å². The van der Waals surface area contributed by atoms with Crippen LogP contribution in [0.1, 0.15) is 19.3 Å². The Bertz CT molecular complexity index is 5570. The van der Waals surface area contributed by atoms with Crippen LogP contribution < -0.4 is 30.6 Å². The fourth-order valence-corrected chi connectivity index (χ4v) is 12.4. The molecule has 1 aliphatic rings. The van der Waals surface area contributed by atoms with Crippen molar-refractivity contribution in [2.45, 2.75) is 0 Å². The minimum Gasteiger partial charge on any atom is -0.510 e. The number of fused-ring (bicyclic) bond motifs is 6. The van der Waals surface area contributed by atoms with Crippen molar-refractivity contribution in [3.05, 3.63) is 321 Å². The number of hydrogen-bond acceptors (Lipinski definition) is 4. The summed E-state index contributed by atoms with van der Waals surface area (Å²) in [5.74, 6) is 1.22. The predicted molar refractivity (Wildman–Crippen MR) is 352 cm³/mol. The van der Waals surface area contributed by atoms with Gasteiger partial charge in [0.05, 0.1) is 47.7 Å². The van der Waals surface area contributed by atoms with Gasteiger partial charge in [-0.15, -0.1) is 29.7 Å². The second-order valence-corrected chi connectivity index (χ2v) is 21.0. The Kier molecular flexibility index (Phi) is 11.2. The van der Waals surface area contributed by atoms with E-state index in [2.05, 4.69) is 163 Å². The molecule has 12 aromatic carbocycles. The minimum absolute atomic E-state index is 0. The summed E-state index contributed by atoms with van der Waals surface area (Å²) >= 11 is 0. The Morgan fingerprint density at radius 3 is 1.76 bits per heavy atom. The minimum atomic E-state index is -0.590. The molecule has 0 saturated heterocycles. The molecule has 1 aliphatic heterocycles. The first-order chi connectivity index (χ1) is 47.3. The first kappa shape index (κ1) is 43.5. The monoisotopic (exact) mass is 1310 g/mol. The van der Waals surface area contributed by atoms with Gasteiger partial charge < -0.3 is 18.8 Å². The summed E-state index contributed by atoms with van der Waals surface area (Å²) in [5, 5.41) is 11.9. The fraction of sp³-hybridized carbons (Fsp3) is 0. The number of aromatic nitrogens is 4. The second kappa shape index (κ2) is 22.7. The summed E-state index contributed by atoms with van der Waals surface area (Å²) in [6.45, 7) is -0.163. The molecule has 0 saturated carbocycles. The number of anilines is 3. The average molecular weight is 1310 g/mol. The number of pyridine rings is 1. The number of hydrogen-bond donors (Lipinski definition) is 0. The zero-order valence-electron chi connectivity index (χ0n) is 56.5. The molecule has 0 atom stereocenters. The van der Waals surface area contributed by atoms with Crippen LogP contribution in [0.25, 0.3) is 94.5 Å². The average Bonchev–Trinajstić information content (AvgIpc) is 0.950. The van der Waals surface area contributed by atoms with E-state index in [0.29, 0.717) is 45.1 Å². The van der Waals surface area contributed by atoms with E-state index in [1.165, 1.54) is 5.46 Å². The van der Waals surface area contributed by atoms with Gasteiger partial charge in [0.1, 0.15) is 5.82 Å². The van der Waals surface area contributed by atoms with E-state index in [0.717, 1.165) is 66.5 Å². The summed E-state index contributed by atoms with van der Waals surface area (Å²) in [5.41, 5.74) is 14.4. The van der Waals surface area contributed by atoms with Gasteiger partial charge in [-0.2, -0.15) is 23.5 Å². The summed E-state index contributed by atoms with van der Waals surface area (Å²) in [6, 6.07) is 79.7. The Balaban J connectivity index is 0.00000784. The molecule has 4 heterocycles. The molecule has 0 radical (unpaired) electrons. The van der Waals surface area contributed by atoms with Crippen molar-refractivity contribution in [1.82, 2.24) is 14.1 Å². The molecule has 0 unspecified atom stereocenters. The van der Waals surface area contributed by atoms with Gasteiger partial charge in [-0.1, -0.05) is 229 Å². The smallest absolute Gasteiger partial charge is 0.268 e. The number of nitrogens with zero attached hydrogens (tertiary/aromatic N) is 6. The van der Waals surface area contributed by atoms with E-state index < -0.39 is 60.4 Å². The van der Waals surface area contributed by atoms with Crippen molar-refractivity contribution in [2.75, 3.05) is 4.90 Å². The van der Waals surface area contributed by atoms with E-state index in [9.17, 15) is 5.26 Å². The first-order valence-corrected chi connectivity index (χ1v) is 28.3.